The molecule has 0 bridgehead atoms. The van der Waals surface area contributed by atoms with E-state index in [0.29, 0.717) is 5.02 Å². The van der Waals surface area contributed by atoms with E-state index in [9.17, 15) is 13.2 Å². The van der Waals surface area contributed by atoms with Crippen LogP contribution in [0.2, 0.25) is 5.02 Å². The Morgan fingerprint density at radius 2 is 1.53 bits per heavy atom. The van der Waals surface area contributed by atoms with E-state index in [1.54, 1.807) is 42.5 Å². The predicted molar refractivity (Wildman–Crippen MR) is 118 cm³/mol. The van der Waals surface area contributed by atoms with Crippen LogP contribution in [0.3, 0.4) is 0 Å². The van der Waals surface area contributed by atoms with Gasteiger partial charge in [0.25, 0.3) is 5.91 Å². The van der Waals surface area contributed by atoms with Crippen LogP contribution >= 0.6 is 11.6 Å². The van der Waals surface area contributed by atoms with Gasteiger partial charge in [-0.1, -0.05) is 72.3 Å². The fourth-order valence-corrected chi connectivity index (χ4v) is 4.21. The van der Waals surface area contributed by atoms with Gasteiger partial charge in [-0.3, -0.25) is 4.79 Å². The molecule has 0 aliphatic carbocycles. The van der Waals surface area contributed by atoms with Crippen LogP contribution in [-0.4, -0.2) is 31.4 Å². The molecule has 154 valence electrons. The zero-order valence-corrected chi connectivity index (χ0v) is 17.6. The molecule has 0 unspecified atom stereocenters. The Balaban J connectivity index is 1.74. The fraction of sp³-hybridized carbons (Fsp3) is 0.0909. The minimum atomic E-state index is -3.87. The summed E-state index contributed by atoms with van der Waals surface area (Å²) in [6.07, 6.45) is 1.46. The average molecular weight is 442 g/mol. The topological polar surface area (TPSA) is 78.8 Å². The van der Waals surface area contributed by atoms with E-state index in [4.69, 9.17) is 11.6 Å². The molecule has 0 atom stereocenters. The molecule has 30 heavy (non-hydrogen) atoms. The van der Waals surface area contributed by atoms with Crippen LogP contribution in [-0.2, 0) is 21.4 Å². The van der Waals surface area contributed by atoms with Crippen LogP contribution in [0.25, 0.3) is 0 Å². The summed E-state index contributed by atoms with van der Waals surface area (Å²) in [5.41, 5.74) is 3.90. The lowest BCUT2D eigenvalue weighted by Crippen LogP contribution is -2.39. The Bertz CT molecular complexity index is 1100. The van der Waals surface area contributed by atoms with Crippen LogP contribution < -0.4 is 5.43 Å². The fourth-order valence-electron chi connectivity index (χ4n) is 2.68. The van der Waals surface area contributed by atoms with Gasteiger partial charge >= 0.3 is 0 Å². The highest BCUT2D eigenvalue weighted by atomic mass is 35.5. The first-order valence-electron chi connectivity index (χ1n) is 9.12. The van der Waals surface area contributed by atoms with E-state index >= 15 is 0 Å². The number of carbonyl (C=O) groups excluding carboxylic acids is 1. The molecule has 0 aliphatic heterocycles. The first kappa shape index (κ1) is 21.7. The molecule has 0 fully saturated rings. The van der Waals surface area contributed by atoms with Crippen LogP contribution in [0.1, 0.15) is 11.1 Å². The van der Waals surface area contributed by atoms with Crippen LogP contribution in [0, 0.1) is 0 Å². The molecule has 3 aromatic rings. The van der Waals surface area contributed by atoms with Gasteiger partial charge < -0.3 is 0 Å². The molecule has 1 N–H and O–H groups in total. The highest BCUT2D eigenvalue weighted by Crippen LogP contribution is 2.18. The maximum atomic E-state index is 13.1. The Kier molecular flexibility index (Phi) is 7.35. The standard InChI is InChI=1S/C22H20ClN3O3S/c23-20-13-11-18(12-14-20)15-24-25-22(27)17-26(16-19-7-3-1-4-8-19)30(28,29)21-9-5-2-6-10-21/h1-15H,16-17H2,(H,25,27). The van der Waals surface area contributed by atoms with E-state index in [1.165, 1.54) is 18.3 Å². The van der Waals surface area contributed by atoms with Crippen LogP contribution in [0.5, 0.6) is 0 Å². The lowest BCUT2D eigenvalue weighted by atomic mass is 10.2. The molecule has 0 saturated heterocycles. The number of nitrogens with one attached hydrogen (secondary N) is 1. The molecule has 6 nitrogen and oxygen atoms in total. The van der Waals surface area contributed by atoms with Crippen molar-refractivity contribution < 1.29 is 13.2 Å². The summed E-state index contributed by atoms with van der Waals surface area (Å²) in [7, 11) is -3.87. The maximum Gasteiger partial charge on any atom is 0.255 e. The normalized spacial score (nSPS) is 11.7. The molecule has 3 rings (SSSR count). The van der Waals surface area contributed by atoms with Crippen molar-refractivity contribution in [1.82, 2.24) is 9.73 Å². The van der Waals surface area contributed by atoms with E-state index in [-0.39, 0.29) is 18.0 Å². The number of halogens is 1. The zero-order chi connectivity index (χ0) is 21.4. The zero-order valence-electron chi connectivity index (χ0n) is 16.0. The van der Waals surface area contributed by atoms with Gasteiger partial charge in [-0.05, 0) is 35.4 Å². The highest BCUT2D eigenvalue weighted by Gasteiger charge is 2.26. The Morgan fingerprint density at radius 1 is 0.933 bits per heavy atom. The number of nitrogens with zero attached hydrogens (tertiary/aromatic N) is 2. The van der Waals surface area contributed by atoms with Gasteiger partial charge in [-0.2, -0.15) is 9.41 Å². The molecular weight excluding hydrogens is 422 g/mol. The molecule has 1 amide bonds. The average Bonchev–Trinajstić information content (AvgIpc) is 2.76. The van der Waals surface area contributed by atoms with Crippen molar-refractivity contribution in [1.29, 1.82) is 0 Å². The Hall–Kier alpha value is -3.00. The number of sulfonamides is 1. The molecule has 0 saturated carbocycles. The number of hydrazone groups is 1. The SMILES string of the molecule is O=C(CN(Cc1ccccc1)S(=O)(=O)c1ccccc1)NN=Cc1ccc(Cl)cc1. The van der Waals surface area contributed by atoms with E-state index < -0.39 is 15.9 Å². The lowest BCUT2D eigenvalue weighted by Gasteiger charge is -2.21. The predicted octanol–water partition coefficient (Wildman–Crippen LogP) is 3.68. The third-order valence-electron chi connectivity index (χ3n) is 4.18. The quantitative estimate of drug-likeness (QED) is 0.427. The molecule has 0 aliphatic rings. The van der Waals surface area contributed by atoms with Gasteiger partial charge in [0.05, 0.1) is 17.7 Å². The second kappa shape index (κ2) is 10.2. The number of carbonyl (C=O) groups is 1. The third-order valence-corrected chi connectivity index (χ3v) is 6.23. The van der Waals surface area contributed by atoms with E-state index in [2.05, 4.69) is 10.5 Å². The summed E-state index contributed by atoms with van der Waals surface area (Å²) < 4.78 is 27.3. The highest BCUT2D eigenvalue weighted by molar-refractivity contribution is 7.89. The van der Waals surface area contributed by atoms with Crippen molar-refractivity contribution in [2.24, 2.45) is 5.10 Å². The van der Waals surface area contributed by atoms with Crippen molar-refractivity contribution in [2.75, 3.05) is 6.54 Å². The number of hydrogen-bond acceptors (Lipinski definition) is 4. The van der Waals surface area contributed by atoms with E-state index in [0.717, 1.165) is 15.4 Å². The first-order valence-corrected chi connectivity index (χ1v) is 10.9. The first-order chi connectivity index (χ1) is 14.4. The summed E-state index contributed by atoms with van der Waals surface area (Å²) in [4.78, 5) is 12.5. The molecule has 0 heterocycles. The molecule has 0 radical (unpaired) electrons. The van der Waals surface area contributed by atoms with Gasteiger partial charge in [-0.15, -0.1) is 0 Å². The second-order valence-corrected chi connectivity index (χ2v) is 8.79. The van der Waals surface area contributed by atoms with Crippen LogP contribution in [0.15, 0.2) is 94.9 Å². The van der Waals surface area contributed by atoms with Gasteiger partial charge in [0.15, 0.2) is 0 Å². The number of hydrogen-bond donors (Lipinski definition) is 1. The minimum Gasteiger partial charge on any atom is -0.272 e. The Morgan fingerprint density at radius 3 is 2.17 bits per heavy atom. The summed E-state index contributed by atoms with van der Waals surface area (Å²) in [6.45, 7) is -0.309. The lowest BCUT2D eigenvalue weighted by molar-refractivity contribution is -0.121. The van der Waals surface area contributed by atoms with Gasteiger partial charge in [0.1, 0.15) is 0 Å². The number of rotatable bonds is 8. The van der Waals surface area contributed by atoms with Gasteiger partial charge in [-0.25, -0.2) is 13.8 Å². The van der Waals surface area contributed by atoms with Crippen molar-refractivity contribution in [3.63, 3.8) is 0 Å². The van der Waals surface area contributed by atoms with Gasteiger partial charge in [0.2, 0.25) is 10.0 Å². The largest absolute Gasteiger partial charge is 0.272 e. The summed E-state index contributed by atoms with van der Waals surface area (Å²) in [6, 6.07) is 24.0. The molecule has 0 spiro atoms. The summed E-state index contributed by atoms with van der Waals surface area (Å²) in [5.74, 6) is -0.546. The van der Waals surface area contributed by atoms with E-state index in [1.807, 2.05) is 30.3 Å². The molecule has 8 heteroatoms. The maximum absolute atomic E-state index is 13.1. The van der Waals surface area contributed by atoms with Crippen molar-refractivity contribution in [2.45, 2.75) is 11.4 Å². The third kappa shape index (κ3) is 6.00. The molecule has 0 aromatic heterocycles. The number of amides is 1. The smallest absolute Gasteiger partial charge is 0.255 e. The summed E-state index contributed by atoms with van der Waals surface area (Å²) in [5, 5.41) is 4.49. The van der Waals surface area contributed by atoms with Crippen molar-refractivity contribution in [3.8, 4) is 0 Å². The minimum absolute atomic E-state index is 0.0619. The van der Waals surface area contributed by atoms with Crippen LogP contribution in [0.4, 0.5) is 0 Å². The second-order valence-electron chi connectivity index (χ2n) is 6.42. The number of benzene rings is 3. The monoisotopic (exact) mass is 441 g/mol. The van der Waals surface area contributed by atoms with Gasteiger partial charge in [0, 0.05) is 11.6 Å². The molecule has 3 aromatic carbocycles. The molecular formula is C22H20ClN3O3S. The van der Waals surface area contributed by atoms with Crippen molar-refractivity contribution in [3.05, 3.63) is 101 Å². The summed E-state index contributed by atoms with van der Waals surface area (Å²) >= 11 is 5.84. The van der Waals surface area contributed by atoms with Crippen molar-refractivity contribution >= 4 is 33.7 Å². The Labute approximate surface area is 180 Å².